The minimum absolute atomic E-state index is 0.107. The summed E-state index contributed by atoms with van der Waals surface area (Å²) in [4.78, 5) is 23.1. The van der Waals surface area contributed by atoms with Crippen molar-refractivity contribution in [2.45, 2.75) is 44.8 Å². The number of hydrogen-bond acceptors (Lipinski definition) is 3. The predicted octanol–water partition coefficient (Wildman–Crippen LogP) is 2.97. The van der Waals surface area contributed by atoms with Crippen molar-refractivity contribution in [1.82, 2.24) is 5.32 Å². The van der Waals surface area contributed by atoms with E-state index < -0.39 is 12.1 Å². The monoisotopic (exact) mass is 355 g/mol. The van der Waals surface area contributed by atoms with Gasteiger partial charge in [-0.25, -0.2) is 4.79 Å². The molecule has 0 spiro atoms. The number of amides is 1. The summed E-state index contributed by atoms with van der Waals surface area (Å²) >= 11 is 3.17. The lowest BCUT2D eigenvalue weighted by molar-refractivity contribution is -0.127. The zero-order valence-corrected chi connectivity index (χ0v) is 13.4. The summed E-state index contributed by atoms with van der Waals surface area (Å²) in [6.07, 6.45) is 3.66. The van der Waals surface area contributed by atoms with Crippen LogP contribution >= 0.6 is 15.9 Å². The first-order valence-electron chi connectivity index (χ1n) is 6.97. The molecule has 114 valence electrons. The van der Waals surface area contributed by atoms with Crippen LogP contribution in [-0.4, -0.2) is 29.1 Å². The first kappa shape index (κ1) is 15.8. The van der Waals surface area contributed by atoms with Crippen LogP contribution in [0.2, 0.25) is 0 Å². The van der Waals surface area contributed by atoms with Gasteiger partial charge in [-0.3, -0.25) is 4.79 Å². The van der Waals surface area contributed by atoms with Gasteiger partial charge in [-0.1, -0.05) is 12.8 Å². The van der Waals surface area contributed by atoms with E-state index in [1.807, 2.05) is 0 Å². The molecule has 1 aliphatic rings. The average Bonchev–Trinajstić information content (AvgIpc) is 2.93. The second-order valence-electron chi connectivity index (χ2n) is 5.20. The number of nitrogens with one attached hydrogen (secondary N) is 1. The first-order chi connectivity index (χ1) is 9.97. The maximum Gasteiger partial charge on any atom is 0.336 e. The molecular weight excluding hydrogens is 338 g/mol. The standard InChI is InChI=1S/C15H18BrNO4/c1-9(14(18)17-10-4-2-3-5-10)21-11-6-7-13(16)12(8-11)15(19)20/h6-10H,2-5H2,1H3,(H,17,18)(H,19,20). The smallest absolute Gasteiger partial charge is 0.336 e. The molecule has 0 heterocycles. The fraction of sp³-hybridized carbons (Fsp3) is 0.467. The topological polar surface area (TPSA) is 75.6 Å². The van der Waals surface area contributed by atoms with E-state index in [2.05, 4.69) is 21.2 Å². The molecule has 1 atom stereocenters. The Morgan fingerprint density at radius 1 is 1.38 bits per heavy atom. The zero-order chi connectivity index (χ0) is 15.4. The Hall–Kier alpha value is -1.56. The SMILES string of the molecule is CC(Oc1ccc(Br)c(C(=O)O)c1)C(=O)NC1CCCC1. The number of benzene rings is 1. The summed E-state index contributed by atoms with van der Waals surface area (Å²) in [6.45, 7) is 1.66. The number of rotatable bonds is 5. The third kappa shape index (κ3) is 4.20. The summed E-state index contributed by atoms with van der Waals surface area (Å²) < 4.78 is 6.01. The highest BCUT2D eigenvalue weighted by molar-refractivity contribution is 9.10. The van der Waals surface area contributed by atoms with Crippen LogP contribution in [0.25, 0.3) is 0 Å². The van der Waals surface area contributed by atoms with Crippen LogP contribution in [0.1, 0.15) is 43.0 Å². The van der Waals surface area contributed by atoms with Gasteiger partial charge < -0.3 is 15.2 Å². The van der Waals surface area contributed by atoms with E-state index in [0.29, 0.717) is 10.2 Å². The largest absolute Gasteiger partial charge is 0.481 e. The van der Waals surface area contributed by atoms with Gasteiger partial charge >= 0.3 is 5.97 Å². The van der Waals surface area contributed by atoms with E-state index in [0.717, 1.165) is 25.7 Å². The number of halogens is 1. The number of ether oxygens (including phenoxy) is 1. The number of carboxylic acids is 1. The molecule has 2 N–H and O–H groups in total. The third-order valence-corrected chi connectivity index (χ3v) is 4.24. The van der Waals surface area contributed by atoms with E-state index in [4.69, 9.17) is 9.84 Å². The number of aromatic carboxylic acids is 1. The molecule has 1 unspecified atom stereocenters. The van der Waals surface area contributed by atoms with E-state index in [1.165, 1.54) is 6.07 Å². The molecule has 6 heteroatoms. The summed E-state index contributed by atoms with van der Waals surface area (Å²) in [7, 11) is 0. The molecule has 1 aromatic rings. The summed E-state index contributed by atoms with van der Waals surface area (Å²) in [5.74, 6) is -0.846. The first-order valence-corrected chi connectivity index (χ1v) is 7.76. The van der Waals surface area contributed by atoms with Crippen LogP contribution in [0.15, 0.2) is 22.7 Å². The molecule has 21 heavy (non-hydrogen) atoms. The molecule has 1 aliphatic carbocycles. The Kier molecular flexibility index (Phi) is 5.22. The summed E-state index contributed by atoms with van der Waals surface area (Å²) in [5.41, 5.74) is 0.107. The van der Waals surface area contributed by atoms with Crippen LogP contribution in [0.4, 0.5) is 0 Å². The van der Waals surface area contributed by atoms with Crippen molar-refractivity contribution in [3.8, 4) is 5.75 Å². The van der Waals surface area contributed by atoms with Crippen molar-refractivity contribution < 1.29 is 19.4 Å². The van der Waals surface area contributed by atoms with Crippen LogP contribution in [-0.2, 0) is 4.79 Å². The number of carboxylic acid groups (broad SMARTS) is 1. The van der Waals surface area contributed by atoms with Crippen molar-refractivity contribution in [2.75, 3.05) is 0 Å². The minimum Gasteiger partial charge on any atom is -0.481 e. The molecular formula is C15H18BrNO4. The van der Waals surface area contributed by atoms with Gasteiger partial charge in [0.05, 0.1) is 5.56 Å². The molecule has 0 aliphatic heterocycles. The van der Waals surface area contributed by atoms with Crippen molar-refractivity contribution in [2.24, 2.45) is 0 Å². The van der Waals surface area contributed by atoms with Crippen molar-refractivity contribution in [3.05, 3.63) is 28.2 Å². The predicted molar refractivity (Wildman–Crippen MR) is 81.6 cm³/mol. The Morgan fingerprint density at radius 2 is 2.05 bits per heavy atom. The van der Waals surface area contributed by atoms with E-state index in [1.54, 1.807) is 19.1 Å². The highest BCUT2D eigenvalue weighted by Gasteiger charge is 2.22. The van der Waals surface area contributed by atoms with Crippen LogP contribution in [0.5, 0.6) is 5.75 Å². The molecule has 1 amide bonds. The van der Waals surface area contributed by atoms with Crippen molar-refractivity contribution in [3.63, 3.8) is 0 Å². The molecule has 0 saturated heterocycles. The second-order valence-corrected chi connectivity index (χ2v) is 6.05. The lowest BCUT2D eigenvalue weighted by Gasteiger charge is -2.18. The van der Waals surface area contributed by atoms with E-state index >= 15 is 0 Å². The van der Waals surface area contributed by atoms with Gasteiger partial charge in [-0.05, 0) is 53.9 Å². The summed E-state index contributed by atoms with van der Waals surface area (Å²) in [5, 5.41) is 12.0. The minimum atomic E-state index is -1.05. The van der Waals surface area contributed by atoms with Gasteiger partial charge in [0.25, 0.3) is 5.91 Å². The average molecular weight is 356 g/mol. The highest BCUT2D eigenvalue weighted by Crippen LogP contribution is 2.23. The van der Waals surface area contributed by atoms with Gasteiger partial charge in [0, 0.05) is 10.5 Å². The molecule has 5 nitrogen and oxygen atoms in total. The van der Waals surface area contributed by atoms with E-state index in [-0.39, 0.29) is 17.5 Å². The number of hydrogen-bond donors (Lipinski definition) is 2. The fourth-order valence-electron chi connectivity index (χ4n) is 2.39. The normalized spacial score (nSPS) is 16.5. The molecule has 2 rings (SSSR count). The van der Waals surface area contributed by atoms with Gasteiger partial charge in [-0.2, -0.15) is 0 Å². The summed E-state index contributed by atoms with van der Waals surface area (Å²) in [6, 6.07) is 4.88. The van der Waals surface area contributed by atoms with Crippen LogP contribution in [0.3, 0.4) is 0 Å². The Labute approximate surface area is 131 Å². The van der Waals surface area contributed by atoms with Gasteiger partial charge in [-0.15, -0.1) is 0 Å². The lowest BCUT2D eigenvalue weighted by Crippen LogP contribution is -2.41. The van der Waals surface area contributed by atoms with Crippen LogP contribution < -0.4 is 10.1 Å². The number of carbonyl (C=O) groups excluding carboxylic acids is 1. The highest BCUT2D eigenvalue weighted by atomic mass is 79.9. The van der Waals surface area contributed by atoms with Gasteiger partial charge in [0.1, 0.15) is 5.75 Å². The molecule has 0 bridgehead atoms. The molecule has 1 aromatic carbocycles. The molecule has 0 radical (unpaired) electrons. The molecule has 1 saturated carbocycles. The quantitative estimate of drug-likeness (QED) is 0.851. The molecule has 1 fully saturated rings. The van der Waals surface area contributed by atoms with Gasteiger partial charge in [0.15, 0.2) is 6.10 Å². The zero-order valence-electron chi connectivity index (χ0n) is 11.8. The Bertz CT molecular complexity index is 540. The Balaban J connectivity index is 1.98. The van der Waals surface area contributed by atoms with E-state index in [9.17, 15) is 9.59 Å². The second kappa shape index (κ2) is 6.93. The molecule has 0 aromatic heterocycles. The van der Waals surface area contributed by atoms with Gasteiger partial charge in [0.2, 0.25) is 0 Å². The lowest BCUT2D eigenvalue weighted by atomic mass is 10.2. The fourth-order valence-corrected chi connectivity index (χ4v) is 2.80. The third-order valence-electron chi connectivity index (χ3n) is 3.55. The number of carbonyl (C=O) groups is 2. The maximum atomic E-state index is 12.0. The van der Waals surface area contributed by atoms with Crippen molar-refractivity contribution in [1.29, 1.82) is 0 Å². The Morgan fingerprint density at radius 3 is 2.67 bits per heavy atom. The van der Waals surface area contributed by atoms with Crippen molar-refractivity contribution >= 4 is 27.8 Å². The van der Waals surface area contributed by atoms with Crippen LogP contribution in [0, 0.1) is 0 Å². The maximum absolute atomic E-state index is 12.0.